The van der Waals surface area contributed by atoms with Crippen molar-refractivity contribution in [3.63, 3.8) is 0 Å². The maximum atomic E-state index is 12.6. The fourth-order valence-corrected chi connectivity index (χ4v) is 3.39. The lowest BCUT2D eigenvalue weighted by atomic mass is 10.2. The molecule has 0 radical (unpaired) electrons. The van der Waals surface area contributed by atoms with E-state index in [-0.39, 0.29) is 12.3 Å². The number of ether oxygens (including phenoxy) is 1. The Labute approximate surface area is 169 Å². The van der Waals surface area contributed by atoms with Crippen LogP contribution in [0.25, 0.3) is 11.5 Å². The molecule has 0 aliphatic carbocycles. The van der Waals surface area contributed by atoms with E-state index < -0.39 is 0 Å². The first-order valence-electron chi connectivity index (χ1n) is 9.68. The highest BCUT2D eigenvalue weighted by Crippen LogP contribution is 2.22. The second-order valence-electron chi connectivity index (χ2n) is 7.11. The monoisotopic (exact) mass is 392 g/mol. The molecule has 0 bridgehead atoms. The Morgan fingerprint density at radius 2 is 1.69 bits per heavy atom. The van der Waals surface area contributed by atoms with E-state index in [1.807, 2.05) is 29.2 Å². The van der Waals surface area contributed by atoms with Gasteiger partial charge in [0, 0.05) is 37.4 Å². The van der Waals surface area contributed by atoms with E-state index in [0.29, 0.717) is 24.9 Å². The van der Waals surface area contributed by atoms with Crippen molar-refractivity contribution in [2.75, 3.05) is 38.2 Å². The fraction of sp³-hybridized carbons (Fsp3) is 0.318. The second kappa shape index (κ2) is 8.34. The number of benzene rings is 2. The summed E-state index contributed by atoms with van der Waals surface area (Å²) < 4.78 is 10.8. The van der Waals surface area contributed by atoms with Gasteiger partial charge in [0.25, 0.3) is 0 Å². The zero-order valence-electron chi connectivity index (χ0n) is 16.7. The number of nitrogens with zero attached hydrogens (tertiary/aromatic N) is 4. The molecule has 4 rings (SSSR count). The molecule has 0 atom stereocenters. The molecular formula is C22H24N4O3. The predicted octanol–water partition coefficient (Wildman–Crippen LogP) is 2.94. The summed E-state index contributed by atoms with van der Waals surface area (Å²) >= 11 is 0. The predicted molar refractivity (Wildman–Crippen MR) is 110 cm³/mol. The van der Waals surface area contributed by atoms with Gasteiger partial charge in [-0.2, -0.15) is 0 Å². The van der Waals surface area contributed by atoms with Crippen molar-refractivity contribution >= 4 is 11.6 Å². The molecule has 2 aromatic carbocycles. The molecule has 0 saturated carbocycles. The number of aryl methyl sites for hydroxylation is 1. The van der Waals surface area contributed by atoms with Gasteiger partial charge in [0.2, 0.25) is 17.7 Å². The highest BCUT2D eigenvalue weighted by Gasteiger charge is 2.23. The summed E-state index contributed by atoms with van der Waals surface area (Å²) in [7, 11) is 1.62. The minimum atomic E-state index is 0.0125. The average molecular weight is 392 g/mol. The lowest BCUT2D eigenvalue weighted by Crippen LogP contribution is -2.49. The SMILES string of the molecule is COc1ccc(-c2nnc(CC(=O)N3CCN(c4ccc(C)cc4)CC3)o2)cc1. The molecule has 1 saturated heterocycles. The number of hydrogen-bond acceptors (Lipinski definition) is 6. The van der Waals surface area contributed by atoms with Crippen molar-refractivity contribution in [2.45, 2.75) is 13.3 Å². The molecule has 2 heterocycles. The molecule has 1 amide bonds. The van der Waals surface area contributed by atoms with Crippen LogP contribution in [-0.4, -0.2) is 54.3 Å². The van der Waals surface area contributed by atoms with Crippen molar-refractivity contribution in [3.05, 3.63) is 60.0 Å². The van der Waals surface area contributed by atoms with Gasteiger partial charge in [0.05, 0.1) is 7.11 Å². The summed E-state index contributed by atoms with van der Waals surface area (Å²) in [6.45, 7) is 5.09. The number of aromatic nitrogens is 2. The Hall–Kier alpha value is -3.35. The maximum Gasteiger partial charge on any atom is 0.247 e. The maximum absolute atomic E-state index is 12.6. The van der Waals surface area contributed by atoms with Crippen molar-refractivity contribution < 1.29 is 13.9 Å². The highest BCUT2D eigenvalue weighted by atomic mass is 16.5. The van der Waals surface area contributed by atoms with Gasteiger partial charge >= 0.3 is 0 Å². The molecular weight excluding hydrogens is 368 g/mol. The molecule has 3 aromatic rings. The van der Waals surface area contributed by atoms with Crippen LogP contribution in [0.4, 0.5) is 5.69 Å². The molecule has 0 spiro atoms. The molecule has 0 N–H and O–H groups in total. The number of piperazine rings is 1. The summed E-state index contributed by atoms with van der Waals surface area (Å²) in [5.74, 6) is 1.51. The number of methoxy groups -OCH3 is 1. The standard InChI is InChI=1S/C22H24N4O3/c1-16-3-7-18(8-4-16)25-11-13-26(14-12-25)21(27)15-20-23-24-22(29-20)17-5-9-19(28-2)10-6-17/h3-10H,11-15H2,1-2H3. The zero-order valence-corrected chi connectivity index (χ0v) is 16.7. The van der Waals surface area contributed by atoms with Gasteiger partial charge in [0.1, 0.15) is 12.2 Å². The Bertz CT molecular complexity index is 958. The number of amides is 1. The van der Waals surface area contributed by atoms with Crippen LogP contribution in [0.5, 0.6) is 5.75 Å². The van der Waals surface area contributed by atoms with Crippen molar-refractivity contribution in [1.82, 2.24) is 15.1 Å². The Kier molecular flexibility index (Phi) is 5.46. The smallest absolute Gasteiger partial charge is 0.247 e. The average Bonchev–Trinajstić information content (AvgIpc) is 3.23. The van der Waals surface area contributed by atoms with Crippen LogP contribution < -0.4 is 9.64 Å². The first-order chi connectivity index (χ1) is 14.1. The third-order valence-electron chi connectivity index (χ3n) is 5.14. The minimum Gasteiger partial charge on any atom is -0.497 e. The van der Waals surface area contributed by atoms with Gasteiger partial charge in [-0.05, 0) is 43.3 Å². The molecule has 1 aromatic heterocycles. The minimum absolute atomic E-state index is 0.0125. The first kappa shape index (κ1) is 19.0. The first-order valence-corrected chi connectivity index (χ1v) is 9.68. The van der Waals surface area contributed by atoms with Crippen molar-refractivity contribution in [2.24, 2.45) is 0 Å². The highest BCUT2D eigenvalue weighted by molar-refractivity contribution is 5.78. The van der Waals surface area contributed by atoms with E-state index in [9.17, 15) is 4.79 Å². The fourth-order valence-electron chi connectivity index (χ4n) is 3.39. The van der Waals surface area contributed by atoms with Crippen LogP contribution >= 0.6 is 0 Å². The Morgan fingerprint density at radius 3 is 2.34 bits per heavy atom. The largest absolute Gasteiger partial charge is 0.497 e. The Morgan fingerprint density at radius 1 is 1.00 bits per heavy atom. The van der Waals surface area contributed by atoms with Crippen LogP contribution in [0.3, 0.4) is 0 Å². The van der Waals surface area contributed by atoms with E-state index in [2.05, 4.69) is 46.3 Å². The number of anilines is 1. The topological polar surface area (TPSA) is 71.7 Å². The quantitative estimate of drug-likeness (QED) is 0.665. The van der Waals surface area contributed by atoms with E-state index in [0.717, 1.165) is 24.4 Å². The van der Waals surface area contributed by atoms with Crippen molar-refractivity contribution in [1.29, 1.82) is 0 Å². The summed E-state index contributed by atoms with van der Waals surface area (Å²) in [6, 6.07) is 15.9. The van der Waals surface area contributed by atoms with Gasteiger partial charge in [0.15, 0.2) is 0 Å². The van der Waals surface area contributed by atoms with Crippen LogP contribution in [0.1, 0.15) is 11.5 Å². The molecule has 1 aliphatic heterocycles. The van der Waals surface area contributed by atoms with Crippen molar-refractivity contribution in [3.8, 4) is 17.2 Å². The Balaban J connectivity index is 1.33. The molecule has 1 aliphatic rings. The molecule has 0 unspecified atom stereocenters. The summed E-state index contributed by atoms with van der Waals surface area (Å²) in [5, 5.41) is 8.10. The van der Waals surface area contributed by atoms with E-state index in [1.54, 1.807) is 7.11 Å². The molecule has 7 heteroatoms. The zero-order chi connectivity index (χ0) is 20.2. The van der Waals surface area contributed by atoms with E-state index in [4.69, 9.17) is 9.15 Å². The number of carbonyl (C=O) groups is 1. The van der Waals surface area contributed by atoms with E-state index >= 15 is 0 Å². The van der Waals surface area contributed by atoms with E-state index in [1.165, 1.54) is 11.3 Å². The lowest BCUT2D eigenvalue weighted by molar-refractivity contribution is -0.131. The van der Waals surface area contributed by atoms with Gasteiger partial charge < -0.3 is 19.0 Å². The molecule has 1 fully saturated rings. The third kappa shape index (κ3) is 4.39. The van der Waals surface area contributed by atoms with Crippen LogP contribution in [-0.2, 0) is 11.2 Å². The normalized spacial score (nSPS) is 14.1. The summed E-state index contributed by atoms with van der Waals surface area (Å²) in [6.07, 6.45) is 0.119. The van der Waals surface area contributed by atoms with Crippen LogP contribution in [0.15, 0.2) is 52.9 Å². The summed E-state index contributed by atoms with van der Waals surface area (Å²) in [5.41, 5.74) is 3.24. The third-order valence-corrected chi connectivity index (χ3v) is 5.14. The second-order valence-corrected chi connectivity index (χ2v) is 7.11. The van der Waals surface area contributed by atoms with Gasteiger partial charge in [-0.15, -0.1) is 10.2 Å². The van der Waals surface area contributed by atoms with Gasteiger partial charge in [-0.25, -0.2) is 0 Å². The van der Waals surface area contributed by atoms with Crippen LogP contribution in [0.2, 0.25) is 0 Å². The van der Waals surface area contributed by atoms with Crippen LogP contribution in [0, 0.1) is 6.92 Å². The molecule has 7 nitrogen and oxygen atoms in total. The molecule has 150 valence electrons. The summed E-state index contributed by atoms with van der Waals surface area (Å²) in [4.78, 5) is 16.8. The van der Waals surface area contributed by atoms with Gasteiger partial charge in [-0.3, -0.25) is 4.79 Å². The van der Waals surface area contributed by atoms with Gasteiger partial charge in [-0.1, -0.05) is 17.7 Å². The number of carbonyl (C=O) groups excluding carboxylic acids is 1. The number of rotatable bonds is 5. The lowest BCUT2D eigenvalue weighted by Gasteiger charge is -2.36. The number of hydrogen-bond donors (Lipinski definition) is 0. The molecule has 29 heavy (non-hydrogen) atoms.